The van der Waals surface area contributed by atoms with E-state index < -0.39 is 0 Å². The second kappa shape index (κ2) is 8.33. The lowest BCUT2D eigenvalue weighted by atomic mass is 9.88. The maximum absolute atomic E-state index is 12.5. The van der Waals surface area contributed by atoms with E-state index >= 15 is 0 Å². The Bertz CT molecular complexity index is 783. The zero-order valence-electron chi connectivity index (χ0n) is 15.4. The van der Waals surface area contributed by atoms with Gasteiger partial charge >= 0.3 is 5.97 Å². The summed E-state index contributed by atoms with van der Waals surface area (Å²) < 4.78 is 4.97. The number of esters is 1. The summed E-state index contributed by atoms with van der Waals surface area (Å²) >= 11 is 3.23. The largest absolute Gasteiger partial charge is 0.465 e. The Hall–Kier alpha value is -1.70. The molecule has 7 heteroatoms. The molecule has 3 rings (SSSR count). The Morgan fingerprint density at radius 3 is 2.92 bits per heavy atom. The number of methoxy groups -OCH3 is 1. The average molecular weight is 394 g/mol. The van der Waals surface area contributed by atoms with Crippen LogP contribution in [0.1, 0.15) is 39.0 Å². The van der Waals surface area contributed by atoms with Crippen LogP contribution >= 0.6 is 22.7 Å². The van der Waals surface area contributed by atoms with Gasteiger partial charge in [0.2, 0.25) is 0 Å². The normalized spacial score (nSPS) is 17.4. The highest BCUT2D eigenvalue weighted by atomic mass is 32.1. The van der Waals surface area contributed by atoms with Crippen LogP contribution in [0.25, 0.3) is 0 Å². The average Bonchev–Trinajstić information content (AvgIpc) is 3.20. The Morgan fingerprint density at radius 1 is 1.42 bits per heavy atom. The monoisotopic (exact) mass is 393 g/mol. The van der Waals surface area contributed by atoms with Crippen LogP contribution in [0.4, 0.5) is 5.00 Å². The first kappa shape index (κ1) is 19.1. The fourth-order valence-electron chi connectivity index (χ4n) is 3.37. The maximum atomic E-state index is 12.5. The van der Waals surface area contributed by atoms with E-state index in [1.165, 1.54) is 28.2 Å². The standard InChI is InChI=1S/C19H24N2O3S2/c1-12-6-7-14-15(9-12)26-18(17(14)19(23)24-3)20-16(22)11-21(2)10-13-5-4-8-25-13/h4-5,8,12H,6-7,9-11H2,1-3H3,(H,20,22)/p+1/t12-/m0/s1. The third kappa shape index (κ3) is 4.34. The highest BCUT2D eigenvalue weighted by molar-refractivity contribution is 7.17. The van der Waals surface area contributed by atoms with Gasteiger partial charge in [-0.05, 0) is 42.2 Å². The minimum Gasteiger partial charge on any atom is -0.465 e. The van der Waals surface area contributed by atoms with E-state index in [-0.39, 0.29) is 11.9 Å². The lowest BCUT2D eigenvalue weighted by Crippen LogP contribution is -3.08. The summed E-state index contributed by atoms with van der Waals surface area (Å²) in [6, 6.07) is 4.10. The van der Waals surface area contributed by atoms with Crippen LogP contribution in [0.3, 0.4) is 0 Å². The molecule has 0 bridgehead atoms. The zero-order valence-corrected chi connectivity index (χ0v) is 17.0. The first-order valence-electron chi connectivity index (χ1n) is 8.84. The predicted octanol–water partition coefficient (Wildman–Crippen LogP) is 2.37. The molecule has 5 nitrogen and oxygen atoms in total. The molecule has 1 aliphatic carbocycles. The Balaban J connectivity index is 1.72. The number of fused-ring (bicyclic) bond motifs is 1. The van der Waals surface area contributed by atoms with Gasteiger partial charge in [0.25, 0.3) is 5.91 Å². The van der Waals surface area contributed by atoms with Gasteiger partial charge < -0.3 is 15.0 Å². The van der Waals surface area contributed by atoms with Crippen LogP contribution in [-0.4, -0.2) is 32.6 Å². The van der Waals surface area contributed by atoms with E-state index in [9.17, 15) is 9.59 Å². The van der Waals surface area contributed by atoms with E-state index in [0.717, 1.165) is 36.3 Å². The number of rotatable bonds is 6. The molecule has 0 radical (unpaired) electrons. The molecule has 0 fully saturated rings. The van der Waals surface area contributed by atoms with Gasteiger partial charge in [-0.2, -0.15) is 0 Å². The lowest BCUT2D eigenvalue weighted by Gasteiger charge is -2.18. The van der Waals surface area contributed by atoms with Gasteiger partial charge in [-0.3, -0.25) is 4.79 Å². The van der Waals surface area contributed by atoms with E-state index in [2.05, 4.69) is 18.3 Å². The molecule has 140 valence electrons. The van der Waals surface area contributed by atoms with Gasteiger partial charge in [0.05, 0.1) is 24.6 Å². The number of carbonyl (C=O) groups is 2. The summed E-state index contributed by atoms with van der Waals surface area (Å²) in [5.41, 5.74) is 1.62. The van der Waals surface area contributed by atoms with E-state index in [1.54, 1.807) is 11.3 Å². The number of amides is 1. The molecule has 2 aromatic heterocycles. The van der Waals surface area contributed by atoms with Crippen LogP contribution in [0.15, 0.2) is 17.5 Å². The molecule has 0 spiro atoms. The van der Waals surface area contributed by atoms with Crippen molar-refractivity contribution < 1.29 is 19.2 Å². The molecule has 0 aliphatic heterocycles. The minimum atomic E-state index is -0.355. The highest BCUT2D eigenvalue weighted by Crippen LogP contribution is 2.39. The Labute approximate surface area is 162 Å². The molecule has 2 heterocycles. The topological polar surface area (TPSA) is 59.8 Å². The number of hydrogen-bond donors (Lipinski definition) is 2. The molecule has 0 saturated heterocycles. The van der Waals surface area contributed by atoms with Crippen LogP contribution in [0.5, 0.6) is 0 Å². The molecule has 1 amide bonds. The van der Waals surface area contributed by atoms with Crippen molar-refractivity contribution in [2.24, 2.45) is 5.92 Å². The second-order valence-electron chi connectivity index (χ2n) is 6.99. The minimum absolute atomic E-state index is 0.0733. The quantitative estimate of drug-likeness (QED) is 0.741. The Kier molecular flexibility index (Phi) is 6.11. The van der Waals surface area contributed by atoms with Crippen molar-refractivity contribution in [1.82, 2.24) is 0 Å². The summed E-state index contributed by atoms with van der Waals surface area (Å²) in [7, 11) is 3.39. The lowest BCUT2D eigenvalue weighted by molar-refractivity contribution is -0.884. The van der Waals surface area contributed by atoms with Gasteiger partial charge in [-0.25, -0.2) is 4.79 Å². The van der Waals surface area contributed by atoms with Crippen molar-refractivity contribution in [2.45, 2.75) is 32.7 Å². The summed E-state index contributed by atoms with van der Waals surface area (Å²) in [4.78, 5) is 28.4. The first-order valence-corrected chi connectivity index (χ1v) is 10.5. The fourth-order valence-corrected chi connectivity index (χ4v) is 5.61. The van der Waals surface area contributed by atoms with Gasteiger partial charge in [-0.15, -0.1) is 22.7 Å². The fraction of sp³-hybridized carbons (Fsp3) is 0.474. The second-order valence-corrected chi connectivity index (χ2v) is 9.12. The number of carbonyl (C=O) groups excluding carboxylic acids is 2. The Morgan fingerprint density at radius 2 is 2.23 bits per heavy atom. The smallest absolute Gasteiger partial charge is 0.341 e. The molecular formula is C19H25N2O3S2+. The van der Waals surface area contributed by atoms with E-state index in [0.29, 0.717) is 23.0 Å². The molecule has 1 unspecified atom stereocenters. The summed E-state index contributed by atoms with van der Waals surface area (Å²) in [5, 5.41) is 5.66. The van der Waals surface area contributed by atoms with Crippen molar-refractivity contribution in [2.75, 3.05) is 26.0 Å². The summed E-state index contributed by atoms with van der Waals surface area (Å²) in [5.74, 6) is 0.180. The molecule has 2 atom stereocenters. The predicted molar refractivity (Wildman–Crippen MR) is 105 cm³/mol. The molecule has 1 aliphatic rings. The van der Waals surface area contributed by atoms with Crippen molar-refractivity contribution in [1.29, 1.82) is 0 Å². The molecule has 2 aromatic rings. The van der Waals surface area contributed by atoms with Gasteiger partial charge in [-0.1, -0.05) is 13.0 Å². The maximum Gasteiger partial charge on any atom is 0.341 e. The highest BCUT2D eigenvalue weighted by Gasteiger charge is 2.29. The number of nitrogens with one attached hydrogen (secondary N) is 2. The van der Waals surface area contributed by atoms with Crippen molar-refractivity contribution in [3.05, 3.63) is 38.4 Å². The third-order valence-electron chi connectivity index (χ3n) is 4.67. The molecular weight excluding hydrogens is 368 g/mol. The summed E-state index contributed by atoms with van der Waals surface area (Å²) in [6.45, 7) is 3.40. The number of likely N-dealkylation sites (N-methyl/N-ethyl adjacent to an activating group) is 1. The molecule has 2 N–H and O–H groups in total. The van der Waals surface area contributed by atoms with Crippen LogP contribution in [0.2, 0.25) is 0 Å². The number of anilines is 1. The zero-order chi connectivity index (χ0) is 18.7. The summed E-state index contributed by atoms with van der Waals surface area (Å²) in [6.07, 6.45) is 2.90. The van der Waals surface area contributed by atoms with Crippen molar-refractivity contribution in [3.8, 4) is 0 Å². The molecule has 26 heavy (non-hydrogen) atoms. The van der Waals surface area contributed by atoms with Crippen LogP contribution in [-0.2, 0) is 28.9 Å². The van der Waals surface area contributed by atoms with Crippen LogP contribution < -0.4 is 10.2 Å². The number of thiophene rings is 2. The van der Waals surface area contributed by atoms with Gasteiger partial charge in [0.15, 0.2) is 6.54 Å². The van der Waals surface area contributed by atoms with Gasteiger partial charge in [0.1, 0.15) is 11.5 Å². The van der Waals surface area contributed by atoms with Gasteiger partial charge in [0, 0.05) is 4.88 Å². The molecule has 0 saturated carbocycles. The van der Waals surface area contributed by atoms with E-state index in [1.807, 2.05) is 18.5 Å². The van der Waals surface area contributed by atoms with Crippen molar-refractivity contribution >= 4 is 39.6 Å². The third-order valence-corrected chi connectivity index (χ3v) is 6.72. The van der Waals surface area contributed by atoms with Crippen molar-refractivity contribution in [3.63, 3.8) is 0 Å². The molecule has 0 aromatic carbocycles. The number of ether oxygens (including phenoxy) is 1. The number of quaternary nitrogens is 1. The van der Waals surface area contributed by atoms with E-state index in [4.69, 9.17) is 4.74 Å². The first-order chi connectivity index (χ1) is 12.5. The van der Waals surface area contributed by atoms with Crippen LogP contribution in [0, 0.1) is 5.92 Å². The SMILES string of the molecule is COC(=O)c1c(NC(=O)C[NH+](C)Cc2cccs2)sc2c1CC[C@H](C)C2. The number of hydrogen-bond acceptors (Lipinski definition) is 5.